The van der Waals surface area contributed by atoms with Crippen LogP contribution in [0.15, 0.2) is 60.7 Å². The van der Waals surface area contributed by atoms with Crippen molar-refractivity contribution in [3.05, 3.63) is 71.8 Å². The summed E-state index contributed by atoms with van der Waals surface area (Å²) in [5.74, 6) is 0.362. The summed E-state index contributed by atoms with van der Waals surface area (Å²) in [5, 5.41) is 0. The Labute approximate surface area is 157 Å². The molecule has 1 aliphatic rings. The molecule has 0 unspecified atom stereocenters. The highest BCUT2D eigenvalue weighted by Crippen LogP contribution is 2.29. The van der Waals surface area contributed by atoms with Crippen molar-refractivity contribution in [2.75, 3.05) is 26.7 Å². The lowest BCUT2D eigenvalue weighted by atomic mass is 9.88. The Kier molecular flexibility index (Phi) is 6.45. The molecular formula is C23H30N2O. The van der Waals surface area contributed by atoms with E-state index >= 15 is 0 Å². The zero-order chi connectivity index (χ0) is 18.4. The number of carbonyl (C=O) groups is 1. The van der Waals surface area contributed by atoms with Gasteiger partial charge in [0.15, 0.2) is 0 Å². The molecule has 138 valence electrons. The van der Waals surface area contributed by atoms with Gasteiger partial charge >= 0.3 is 0 Å². The van der Waals surface area contributed by atoms with Gasteiger partial charge in [-0.2, -0.15) is 0 Å². The smallest absolute Gasteiger partial charge is 0.223 e. The molecule has 0 radical (unpaired) electrons. The molecule has 0 N–H and O–H groups in total. The number of nitrogens with zero attached hydrogens (tertiary/aromatic N) is 2. The molecule has 3 rings (SSSR count). The van der Waals surface area contributed by atoms with Crippen LogP contribution in [0.1, 0.15) is 43.2 Å². The van der Waals surface area contributed by atoms with E-state index in [-0.39, 0.29) is 11.8 Å². The number of hydrogen-bond acceptors (Lipinski definition) is 2. The molecule has 0 saturated carbocycles. The fourth-order valence-corrected chi connectivity index (χ4v) is 3.94. The maximum absolute atomic E-state index is 13.1. The number of hydrogen-bond donors (Lipinski definition) is 0. The molecule has 1 fully saturated rings. The largest absolute Gasteiger partial charge is 0.343 e. The van der Waals surface area contributed by atoms with E-state index in [1.54, 1.807) is 0 Å². The van der Waals surface area contributed by atoms with Gasteiger partial charge in [-0.05, 0) is 30.5 Å². The molecular weight excluding hydrogens is 320 g/mol. The van der Waals surface area contributed by atoms with Crippen LogP contribution in [0.2, 0.25) is 0 Å². The van der Waals surface area contributed by atoms with Crippen LogP contribution in [0.25, 0.3) is 0 Å². The van der Waals surface area contributed by atoms with Crippen LogP contribution in [-0.4, -0.2) is 48.4 Å². The van der Waals surface area contributed by atoms with Gasteiger partial charge in [-0.1, -0.05) is 67.6 Å². The van der Waals surface area contributed by atoms with Gasteiger partial charge in [0.1, 0.15) is 0 Å². The first-order valence-corrected chi connectivity index (χ1v) is 9.77. The fraction of sp³-hybridized carbons (Fsp3) is 0.435. The minimum atomic E-state index is 0.114. The van der Waals surface area contributed by atoms with Crippen LogP contribution in [0.5, 0.6) is 0 Å². The van der Waals surface area contributed by atoms with Crippen molar-refractivity contribution in [2.24, 2.45) is 0 Å². The third-order valence-electron chi connectivity index (χ3n) is 5.73. The number of piperidine rings is 1. The number of likely N-dealkylation sites (tertiary alicyclic amines) is 1. The average Bonchev–Trinajstić information content (AvgIpc) is 2.72. The van der Waals surface area contributed by atoms with Crippen molar-refractivity contribution >= 4 is 5.91 Å². The van der Waals surface area contributed by atoms with Crippen molar-refractivity contribution in [1.29, 1.82) is 0 Å². The van der Waals surface area contributed by atoms with Crippen molar-refractivity contribution in [1.82, 2.24) is 9.80 Å². The first-order chi connectivity index (χ1) is 12.7. The second kappa shape index (κ2) is 9.00. The molecule has 1 saturated heterocycles. The molecule has 26 heavy (non-hydrogen) atoms. The number of carbonyl (C=O) groups excluding carboxylic acids is 1. The maximum Gasteiger partial charge on any atom is 0.223 e. The molecule has 1 amide bonds. The van der Waals surface area contributed by atoms with E-state index < -0.39 is 0 Å². The van der Waals surface area contributed by atoms with Crippen molar-refractivity contribution in [2.45, 2.75) is 38.1 Å². The minimum Gasteiger partial charge on any atom is -0.343 e. The SMILES string of the molecule is CCN1CCC(N(C)C(=O)CC(c2ccccc2)c2ccccc2)CC1. The van der Waals surface area contributed by atoms with Crippen molar-refractivity contribution in [3.8, 4) is 0 Å². The summed E-state index contributed by atoms with van der Waals surface area (Å²) in [6, 6.07) is 21.2. The Hall–Kier alpha value is -2.13. The van der Waals surface area contributed by atoms with Crippen LogP contribution < -0.4 is 0 Å². The Bertz CT molecular complexity index is 638. The molecule has 0 aliphatic carbocycles. The topological polar surface area (TPSA) is 23.6 Å². The Morgan fingerprint density at radius 2 is 1.50 bits per heavy atom. The Balaban J connectivity index is 1.71. The van der Waals surface area contributed by atoms with Gasteiger partial charge in [-0.25, -0.2) is 0 Å². The van der Waals surface area contributed by atoms with Gasteiger partial charge in [0, 0.05) is 38.5 Å². The first-order valence-electron chi connectivity index (χ1n) is 9.77. The quantitative estimate of drug-likeness (QED) is 0.781. The van der Waals surface area contributed by atoms with Gasteiger partial charge in [0.25, 0.3) is 0 Å². The molecule has 0 bridgehead atoms. The summed E-state index contributed by atoms with van der Waals surface area (Å²) >= 11 is 0. The molecule has 0 spiro atoms. The highest BCUT2D eigenvalue weighted by atomic mass is 16.2. The summed E-state index contributed by atoms with van der Waals surface area (Å²) in [6.45, 7) is 5.51. The van der Waals surface area contributed by atoms with Crippen LogP contribution >= 0.6 is 0 Å². The van der Waals surface area contributed by atoms with E-state index in [2.05, 4.69) is 60.4 Å². The highest BCUT2D eigenvalue weighted by molar-refractivity contribution is 5.78. The summed E-state index contributed by atoms with van der Waals surface area (Å²) in [6.07, 6.45) is 2.69. The lowest BCUT2D eigenvalue weighted by molar-refractivity contribution is -0.133. The lowest BCUT2D eigenvalue weighted by Crippen LogP contribution is -2.45. The van der Waals surface area contributed by atoms with E-state index in [1.165, 1.54) is 11.1 Å². The Morgan fingerprint density at radius 1 is 1.00 bits per heavy atom. The molecule has 2 aromatic carbocycles. The third kappa shape index (κ3) is 4.53. The zero-order valence-corrected chi connectivity index (χ0v) is 16.0. The lowest BCUT2D eigenvalue weighted by Gasteiger charge is -2.37. The van der Waals surface area contributed by atoms with Crippen LogP contribution in [-0.2, 0) is 4.79 Å². The predicted molar refractivity (Wildman–Crippen MR) is 107 cm³/mol. The van der Waals surface area contributed by atoms with E-state index in [0.717, 1.165) is 32.5 Å². The average molecular weight is 351 g/mol. The highest BCUT2D eigenvalue weighted by Gasteiger charge is 2.27. The summed E-state index contributed by atoms with van der Waals surface area (Å²) in [5.41, 5.74) is 2.42. The summed E-state index contributed by atoms with van der Waals surface area (Å²) in [4.78, 5) is 17.5. The monoisotopic (exact) mass is 350 g/mol. The van der Waals surface area contributed by atoms with Crippen LogP contribution in [0, 0.1) is 0 Å². The molecule has 3 nitrogen and oxygen atoms in total. The Morgan fingerprint density at radius 3 is 1.96 bits per heavy atom. The van der Waals surface area contributed by atoms with E-state index in [4.69, 9.17) is 0 Å². The maximum atomic E-state index is 13.1. The van der Waals surface area contributed by atoms with Gasteiger partial charge in [-0.15, -0.1) is 0 Å². The third-order valence-corrected chi connectivity index (χ3v) is 5.73. The van der Waals surface area contributed by atoms with Gasteiger partial charge in [0.05, 0.1) is 0 Å². The van der Waals surface area contributed by atoms with Gasteiger partial charge < -0.3 is 9.80 Å². The summed E-state index contributed by atoms with van der Waals surface area (Å²) in [7, 11) is 1.99. The molecule has 1 aliphatic heterocycles. The first kappa shape index (κ1) is 18.7. The standard InChI is InChI=1S/C23H30N2O/c1-3-25-16-14-21(15-17-25)24(2)23(26)18-22(19-10-6-4-7-11-19)20-12-8-5-9-13-20/h4-13,21-22H,3,14-18H2,1-2H3. The van der Waals surface area contributed by atoms with Crippen molar-refractivity contribution in [3.63, 3.8) is 0 Å². The normalized spacial score (nSPS) is 16.0. The second-order valence-corrected chi connectivity index (χ2v) is 7.25. The molecule has 1 heterocycles. The van der Waals surface area contributed by atoms with Gasteiger partial charge in [0.2, 0.25) is 5.91 Å². The molecule has 0 aromatic heterocycles. The van der Waals surface area contributed by atoms with Crippen molar-refractivity contribution < 1.29 is 4.79 Å². The van der Waals surface area contributed by atoms with E-state index in [0.29, 0.717) is 12.5 Å². The number of amides is 1. The molecule has 2 aromatic rings. The fourth-order valence-electron chi connectivity index (χ4n) is 3.94. The van der Waals surface area contributed by atoms with Crippen LogP contribution in [0.4, 0.5) is 0 Å². The van der Waals surface area contributed by atoms with E-state index in [9.17, 15) is 4.79 Å². The minimum absolute atomic E-state index is 0.114. The predicted octanol–water partition coefficient (Wildman–Crippen LogP) is 4.15. The van der Waals surface area contributed by atoms with Gasteiger partial charge in [-0.3, -0.25) is 4.79 Å². The zero-order valence-electron chi connectivity index (χ0n) is 16.0. The summed E-state index contributed by atoms with van der Waals surface area (Å²) < 4.78 is 0. The molecule has 0 atom stereocenters. The van der Waals surface area contributed by atoms with E-state index in [1.807, 2.05) is 24.1 Å². The second-order valence-electron chi connectivity index (χ2n) is 7.25. The molecule has 3 heteroatoms. The number of rotatable bonds is 6. The number of benzene rings is 2. The van der Waals surface area contributed by atoms with Crippen LogP contribution in [0.3, 0.4) is 0 Å².